The number of benzene rings is 2. The number of fused-ring (bicyclic) bond motifs is 1. The molecule has 0 saturated carbocycles. The minimum atomic E-state index is -3.06. The minimum absolute atomic E-state index is 0.0370. The molecule has 0 radical (unpaired) electrons. The van der Waals surface area contributed by atoms with E-state index in [0.29, 0.717) is 23.7 Å². The van der Waals surface area contributed by atoms with E-state index in [1.165, 1.54) is 0 Å². The lowest BCUT2D eigenvalue weighted by Gasteiger charge is -2.30. The average Bonchev–Trinajstić information content (AvgIpc) is 2.98. The summed E-state index contributed by atoms with van der Waals surface area (Å²) >= 11 is 6.22. The zero-order chi connectivity index (χ0) is 19.6. The van der Waals surface area contributed by atoms with Crippen LogP contribution in [-0.2, 0) is 14.6 Å². The number of hydrogen-bond donors (Lipinski definition) is 0. The first-order valence-corrected chi connectivity index (χ1v) is 11.3. The molecule has 1 saturated heterocycles. The minimum Gasteiger partial charge on any atom is -0.483 e. The highest BCUT2D eigenvalue weighted by Gasteiger charge is 2.35. The van der Waals surface area contributed by atoms with Crippen LogP contribution < -0.4 is 4.74 Å². The van der Waals surface area contributed by atoms with Gasteiger partial charge in [-0.1, -0.05) is 49.7 Å². The summed E-state index contributed by atoms with van der Waals surface area (Å²) in [5, 5.41) is 2.34. The second kappa shape index (κ2) is 8.07. The number of carbonyl (C=O) groups excluding carboxylic acids is 1. The SMILES string of the molecule is CC(C)CN(C(=O)COc1ccc(Cl)c2ccccc12)[C@H]1CCS(=O)(=O)C1. The van der Waals surface area contributed by atoms with Gasteiger partial charge >= 0.3 is 0 Å². The molecule has 0 aromatic heterocycles. The Morgan fingerprint density at radius 2 is 1.93 bits per heavy atom. The maximum absolute atomic E-state index is 12.8. The second-order valence-corrected chi connectivity index (χ2v) is 10.0. The van der Waals surface area contributed by atoms with Crippen molar-refractivity contribution in [2.45, 2.75) is 26.3 Å². The smallest absolute Gasteiger partial charge is 0.260 e. The van der Waals surface area contributed by atoms with Gasteiger partial charge in [-0.15, -0.1) is 0 Å². The van der Waals surface area contributed by atoms with Crippen LogP contribution in [0.15, 0.2) is 36.4 Å². The van der Waals surface area contributed by atoms with Crippen LogP contribution in [0.4, 0.5) is 0 Å². The molecule has 7 heteroatoms. The van der Waals surface area contributed by atoms with Gasteiger partial charge < -0.3 is 9.64 Å². The first-order valence-electron chi connectivity index (χ1n) is 9.07. The molecule has 146 valence electrons. The lowest BCUT2D eigenvalue weighted by Crippen LogP contribution is -2.45. The number of ether oxygens (including phenoxy) is 1. The molecule has 0 unspecified atom stereocenters. The summed E-state index contributed by atoms with van der Waals surface area (Å²) in [6.45, 7) is 4.41. The van der Waals surface area contributed by atoms with Gasteiger partial charge in [-0.25, -0.2) is 8.42 Å². The molecule has 1 atom stereocenters. The normalized spacial score (nSPS) is 18.7. The van der Waals surface area contributed by atoms with E-state index in [-0.39, 0.29) is 36.0 Å². The Morgan fingerprint density at radius 3 is 2.56 bits per heavy atom. The van der Waals surface area contributed by atoms with Crippen LogP contribution in [0.3, 0.4) is 0 Å². The molecule has 3 rings (SSSR count). The maximum Gasteiger partial charge on any atom is 0.260 e. The Bertz CT molecular complexity index is 942. The Labute approximate surface area is 165 Å². The average molecular weight is 410 g/mol. The van der Waals surface area contributed by atoms with Gasteiger partial charge in [0.25, 0.3) is 5.91 Å². The van der Waals surface area contributed by atoms with E-state index in [9.17, 15) is 13.2 Å². The van der Waals surface area contributed by atoms with Crippen molar-refractivity contribution < 1.29 is 17.9 Å². The van der Waals surface area contributed by atoms with Crippen LogP contribution in [-0.4, -0.2) is 49.9 Å². The molecule has 1 heterocycles. The van der Waals surface area contributed by atoms with Gasteiger partial charge in [0.1, 0.15) is 5.75 Å². The van der Waals surface area contributed by atoms with Crippen molar-refractivity contribution >= 4 is 38.1 Å². The van der Waals surface area contributed by atoms with Gasteiger partial charge in [0.2, 0.25) is 0 Å². The zero-order valence-electron chi connectivity index (χ0n) is 15.5. The highest BCUT2D eigenvalue weighted by molar-refractivity contribution is 7.91. The van der Waals surface area contributed by atoms with Crippen LogP contribution >= 0.6 is 11.6 Å². The molecule has 0 aliphatic carbocycles. The van der Waals surface area contributed by atoms with Crippen LogP contribution in [0, 0.1) is 5.92 Å². The summed E-state index contributed by atoms with van der Waals surface area (Å²) in [4.78, 5) is 14.5. The van der Waals surface area contributed by atoms with Crippen LogP contribution in [0.25, 0.3) is 10.8 Å². The van der Waals surface area contributed by atoms with Gasteiger partial charge in [0.05, 0.1) is 11.5 Å². The second-order valence-electron chi connectivity index (χ2n) is 7.38. The van der Waals surface area contributed by atoms with E-state index in [1.54, 1.807) is 17.0 Å². The third-order valence-corrected chi connectivity index (χ3v) is 6.79. The predicted octanol–water partition coefficient (Wildman–Crippen LogP) is 3.54. The van der Waals surface area contributed by atoms with E-state index in [4.69, 9.17) is 16.3 Å². The zero-order valence-corrected chi connectivity index (χ0v) is 17.1. The topological polar surface area (TPSA) is 63.7 Å². The Kier molecular flexibility index (Phi) is 5.96. The number of carbonyl (C=O) groups is 1. The van der Waals surface area contributed by atoms with Crippen molar-refractivity contribution in [3.8, 4) is 5.75 Å². The van der Waals surface area contributed by atoms with E-state index in [0.717, 1.165) is 10.8 Å². The summed E-state index contributed by atoms with van der Waals surface area (Å²) in [5.74, 6) is 0.822. The van der Waals surface area contributed by atoms with E-state index < -0.39 is 9.84 Å². The van der Waals surface area contributed by atoms with Crippen molar-refractivity contribution in [3.63, 3.8) is 0 Å². The molecule has 0 N–H and O–H groups in total. The Balaban J connectivity index is 1.76. The molecule has 0 spiro atoms. The molecule has 2 aromatic rings. The monoisotopic (exact) mass is 409 g/mol. The molecule has 0 bridgehead atoms. The third kappa shape index (κ3) is 4.74. The molecule has 1 aliphatic heterocycles. The predicted molar refractivity (Wildman–Crippen MR) is 108 cm³/mol. The number of sulfone groups is 1. The van der Waals surface area contributed by atoms with Crippen molar-refractivity contribution in [1.82, 2.24) is 4.90 Å². The summed E-state index contributed by atoms with van der Waals surface area (Å²) in [7, 11) is -3.06. The van der Waals surface area contributed by atoms with Gasteiger partial charge in [-0.05, 0) is 24.5 Å². The highest BCUT2D eigenvalue weighted by atomic mass is 35.5. The van der Waals surface area contributed by atoms with Gasteiger partial charge in [-0.2, -0.15) is 0 Å². The molecule has 27 heavy (non-hydrogen) atoms. The lowest BCUT2D eigenvalue weighted by molar-refractivity contribution is -0.135. The van der Waals surface area contributed by atoms with E-state index >= 15 is 0 Å². The molecule has 1 aliphatic rings. The third-order valence-electron chi connectivity index (χ3n) is 4.71. The number of rotatable bonds is 6. The summed E-state index contributed by atoms with van der Waals surface area (Å²) in [6.07, 6.45) is 0.491. The van der Waals surface area contributed by atoms with Gasteiger partial charge in [0.15, 0.2) is 16.4 Å². The first kappa shape index (κ1) is 20.0. The molecular weight excluding hydrogens is 386 g/mol. The van der Waals surface area contributed by atoms with Crippen molar-refractivity contribution in [2.75, 3.05) is 24.7 Å². The van der Waals surface area contributed by atoms with Crippen molar-refractivity contribution in [1.29, 1.82) is 0 Å². The molecule has 2 aromatic carbocycles. The van der Waals surface area contributed by atoms with Crippen LogP contribution in [0.5, 0.6) is 5.75 Å². The Morgan fingerprint density at radius 1 is 1.22 bits per heavy atom. The lowest BCUT2D eigenvalue weighted by atomic mass is 10.1. The summed E-state index contributed by atoms with van der Waals surface area (Å²) in [6, 6.07) is 10.8. The largest absolute Gasteiger partial charge is 0.483 e. The van der Waals surface area contributed by atoms with E-state index in [2.05, 4.69) is 0 Å². The fourth-order valence-corrected chi connectivity index (χ4v) is 5.41. The van der Waals surface area contributed by atoms with Gasteiger partial charge in [-0.3, -0.25) is 4.79 Å². The summed E-state index contributed by atoms with van der Waals surface area (Å²) in [5.41, 5.74) is 0. The number of hydrogen-bond acceptors (Lipinski definition) is 4. The highest BCUT2D eigenvalue weighted by Crippen LogP contribution is 2.31. The fraction of sp³-hybridized carbons (Fsp3) is 0.450. The maximum atomic E-state index is 12.8. The molecular formula is C20H24ClNO4S. The van der Waals surface area contributed by atoms with Crippen LogP contribution in [0.1, 0.15) is 20.3 Å². The first-order chi connectivity index (χ1) is 12.8. The van der Waals surface area contributed by atoms with Crippen molar-refractivity contribution in [3.05, 3.63) is 41.4 Å². The number of amides is 1. The summed E-state index contributed by atoms with van der Waals surface area (Å²) < 4.78 is 29.5. The van der Waals surface area contributed by atoms with Crippen LogP contribution in [0.2, 0.25) is 5.02 Å². The number of nitrogens with zero attached hydrogens (tertiary/aromatic N) is 1. The van der Waals surface area contributed by atoms with E-state index in [1.807, 2.05) is 38.1 Å². The number of halogens is 1. The van der Waals surface area contributed by atoms with Crippen molar-refractivity contribution in [2.24, 2.45) is 5.92 Å². The standard InChI is InChI=1S/C20H24ClNO4S/c1-14(2)11-22(15-9-10-27(24,25)13-15)20(23)12-26-19-8-7-18(21)16-5-3-4-6-17(16)19/h3-8,14-15H,9-13H2,1-2H3/t15-/m0/s1. The molecule has 1 amide bonds. The van der Waals surface area contributed by atoms with Gasteiger partial charge in [0, 0.05) is 28.4 Å². The quantitative estimate of drug-likeness (QED) is 0.731. The fourth-order valence-electron chi connectivity index (χ4n) is 3.45. The molecule has 1 fully saturated rings. The molecule has 5 nitrogen and oxygen atoms in total. The Hall–Kier alpha value is -1.79.